The molecule has 0 unspecified atom stereocenters. The number of amides is 1. The van der Waals surface area contributed by atoms with Crippen LogP contribution < -0.4 is 20.7 Å². The minimum absolute atomic E-state index is 0.0808. The number of nitrogens with zero attached hydrogens (tertiary/aromatic N) is 3. The fraction of sp³-hybridized carbons (Fsp3) is 0.343. The third-order valence-corrected chi connectivity index (χ3v) is 9.47. The molecule has 2 saturated heterocycles. The van der Waals surface area contributed by atoms with Crippen LogP contribution in [0, 0.1) is 5.82 Å². The van der Waals surface area contributed by atoms with Crippen molar-refractivity contribution in [3.8, 4) is 28.3 Å². The van der Waals surface area contributed by atoms with E-state index in [0.717, 1.165) is 12.0 Å². The van der Waals surface area contributed by atoms with Crippen LogP contribution in [0.3, 0.4) is 0 Å². The van der Waals surface area contributed by atoms with E-state index in [1.165, 1.54) is 0 Å². The van der Waals surface area contributed by atoms with Crippen LogP contribution in [-0.2, 0) is 17.9 Å². The Morgan fingerprint density at radius 1 is 1.00 bits per heavy atom. The van der Waals surface area contributed by atoms with Gasteiger partial charge in [-0.3, -0.25) is 9.69 Å². The molecule has 0 saturated carbocycles. The predicted octanol–water partition coefficient (Wildman–Crippen LogP) is 6.33. The minimum Gasteiger partial charge on any atom is -0.481 e. The van der Waals surface area contributed by atoms with Crippen molar-refractivity contribution in [2.75, 3.05) is 32.1 Å². The maximum absolute atomic E-state index is 15.6. The number of piperidine rings is 1. The van der Waals surface area contributed by atoms with Gasteiger partial charge in [0.05, 0.1) is 34.6 Å². The van der Waals surface area contributed by atoms with E-state index in [2.05, 4.69) is 25.8 Å². The number of pyridine rings is 2. The lowest BCUT2D eigenvalue weighted by Gasteiger charge is -2.29. The predicted molar refractivity (Wildman–Crippen MR) is 183 cm³/mol. The normalized spacial score (nSPS) is 17.1. The van der Waals surface area contributed by atoms with Crippen molar-refractivity contribution >= 4 is 40.6 Å². The summed E-state index contributed by atoms with van der Waals surface area (Å²) in [5.41, 5.74) is 4.59. The highest BCUT2D eigenvalue weighted by atomic mass is 35.5. The molecule has 0 radical (unpaired) electrons. The Morgan fingerprint density at radius 2 is 1.74 bits per heavy atom. The van der Waals surface area contributed by atoms with Gasteiger partial charge in [0.1, 0.15) is 0 Å². The molecule has 47 heavy (non-hydrogen) atoms. The molecule has 0 bridgehead atoms. The zero-order chi connectivity index (χ0) is 32.9. The van der Waals surface area contributed by atoms with Gasteiger partial charge in [0, 0.05) is 79.2 Å². The van der Waals surface area contributed by atoms with Crippen LogP contribution in [0.1, 0.15) is 36.8 Å². The summed E-state index contributed by atoms with van der Waals surface area (Å²) in [6.07, 6.45) is 4.04. The van der Waals surface area contributed by atoms with Crippen molar-refractivity contribution in [3.63, 3.8) is 0 Å². The van der Waals surface area contributed by atoms with E-state index in [1.54, 1.807) is 25.4 Å². The Labute approximate surface area is 283 Å². The molecule has 4 aromatic rings. The topological polar surface area (TPSA) is 112 Å². The van der Waals surface area contributed by atoms with Crippen LogP contribution in [-0.4, -0.2) is 64.8 Å². The third-order valence-electron chi connectivity index (χ3n) is 8.66. The molecule has 2 aliphatic rings. The fourth-order valence-corrected chi connectivity index (χ4v) is 6.65. The van der Waals surface area contributed by atoms with Crippen LogP contribution in [0.15, 0.2) is 60.8 Å². The van der Waals surface area contributed by atoms with Crippen LogP contribution in [0.5, 0.6) is 5.88 Å². The molecule has 9 nitrogen and oxygen atoms in total. The third kappa shape index (κ3) is 7.69. The zero-order valence-corrected chi connectivity index (χ0v) is 27.5. The standard InChI is InChI=1S/C35H37Cl2FN6O3/c1-47-35-21(18-39-19-23-9-11-30(46)41-23)8-10-28(43-35)27-6-2-4-25(31(27)36)26-5-3-7-29(32(26)37)42-34-33(38)22(12-15-40-34)20-44-16-13-24(45)14-17-44/h2-8,10,12,15,23-24,39,45H,9,11,13-14,16-20H2,1H3,(H,40,42)(H,41,46)/t23-/m0/s1. The number of likely N-dealkylation sites (tertiary alicyclic amines) is 1. The minimum atomic E-state index is -0.441. The first-order valence-corrected chi connectivity index (χ1v) is 16.5. The smallest absolute Gasteiger partial charge is 0.220 e. The van der Waals surface area contributed by atoms with Crippen LogP contribution >= 0.6 is 23.2 Å². The van der Waals surface area contributed by atoms with Crippen LogP contribution in [0.25, 0.3) is 22.4 Å². The highest BCUT2D eigenvalue weighted by Crippen LogP contribution is 2.42. The van der Waals surface area contributed by atoms with Crippen LogP contribution in [0.4, 0.5) is 15.9 Å². The van der Waals surface area contributed by atoms with Gasteiger partial charge < -0.3 is 25.8 Å². The molecule has 246 valence electrons. The van der Waals surface area contributed by atoms with Gasteiger partial charge >= 0.3 is 0 Å². The van der Waals surface area contributed by atoms with E-state index < -0.39 is 5.82 Å². The average molecular weight is 680 g/mol. The number of hydrogen-bond donors (Lipinski definition) is 4. The number of methoxy groups -OCH3 is 1. The number of aliphatic hydroxyl groups is 1. The molecular formula is C35H37Cl2FN6O3. The largest absolute Gasteiger partial charge is 0.481 e. The number of benzene rings is 2. The number of rotatable bonds is 11. The van der Waals surface area contributed by atoms with Gasteiger partial charge in [-0.1, -0.05) is 59.6 Å². The Morgan fingerprint density at radius 3 is 2.49 bits per heavy atom. The second-order valence-corrected chi connectivity index (χ2v) is 12.7. The zero-order valence-electron chi connectivity index (χ0n) is 26.0. The average Bonchev–Trinajstić information content (AvgIpc) is 3.50. The van der Waals surface area contributed by atoms with E-state index >= 15 is 4.39 Å². The number of aromatic nitrogens is 2. The molecule has 4 N–H and O–H groups in total. The van der Waals surface area contributed by atoms with E-state index in [1.807, 2.05) is 42.5 Å². The first-order valence-electron chi connectivity index (χ1n) is 15.7. The monoisotopic (exact) mass is 678 g/mol. The molecule has 12 heteroatoms. The van der Waals surface area contributed by atoms with Crippen molar-refractivity contribution in [2.45, 2.75) is 50.9 Å². The summed E-state index contributed by atoms with van der Waals surface area (Å²) < 4.78 is 21.2. The van der Waals surface area contributed by atoms with Gasteiger partial charge in [0.2, 0.25) is 11.8 Å². The number of aliphatic hydroxyl groups excluding tert-OH is 1. The number of carbonyl (C=O) groups is 1. The van der Waals surface area contributed by atoms with Crippen molar-refractivity contribution in [2.24, 2.45) is 0 Å². The molecule has 1 atom stereocenters. The van der Waals surface area contributed by atoms with Gasteiger partial charge in [-0.2, -0.15) is 0 Å². The number of carbonyl (C=O) groups excluding carboxylic acids is 1. The summed E-state index contributed by atoms with van der Waals surface area (Å²) in [7, 11) is 1.58. The van der Waals surface area contributed by atoms with E-state index in [-0.39, 0.29) is 23.9 Å². The molecule has 0 aliphatic carbocycles. The number of nitrogens with one attached hydrogen (secondary N) is 3. The Bertz CT molecular complexity index is 1750. The molecule has 2 aromatic carbocycles. The highest BCUT2D eigenvalue weighted by Gasteiger charge is 2.22. The first kappa shape index (κ1) is 33.1. The summed E-state index contributed by atoms with van der Waals surface area (Å²) in [5.74, 6) is 0.207. The maximum Gasteiger partial charge on any atom is 0.220 e. The number of halogens is 3. The second-order valence-electron chi connectivity index (χ2n) is 11.9. The quantitative estimate of drug-likeness (QED) is 0.146. The SMILES string of the molecule is COc1nc(-c2cccc(-c3cccc(Nc4nccc(CN5CCC(O)CC5)c4F)c3Cl)c2Cl)ccc1CNC[C@@H]1CCC(=O)N1. The highest BCUT2D eigenvalue weighted by molar-refractivity contribution is 6.39. The van der Waals surface area contributed by atoms with Gasteiger partial charge in [0.15, 0.2) is 11.6 Å². The molecule has 6 rings (SSSR count). The Hall–Kier alpha value is -3.80. The molecule has 2 aliphatic heterocycles. The van der Waals surface area contributed by atoms with Crippen LogP contribution in [0.2, 0.25) is 10.0 Å². The summed E-state index contributed by atoms with van der Waals surface area (Å²) in [4.78, 5) is 22.6. The number of anilines is 2. The Balaban J connectivity index is 1.20. The van der Waals surface area contributed by atoms with Crippen molar-refractivity contribution < 1.29 is 19.0 Å². The van der Waals surface area contributed by atoms with E-state index in [4.69, 9.17) is 32.9 Å². The second kappa shape index (κ2) is 15.0. The van der Waals surface area contributed by atoms with Crippen molar-refractivity contribution in [1.82, 2.24) is 25.5 Å². The summed E-state index contributed by atoms with van der Waals surface area (Å²) >= 11 is 13.9. The molecule has 2 aromatic heterocycles. The Kier molecular flexibility index (Phi) is 10.5. The van der Waals surface area contributed by atoms with Gasteiger partial charge in [-0.15, -0.1) is 0 Å². The first-order chi connectivity index (χ1) is 22.8. The molecule has 4 heterocycles. The molecular weight excluding hydrogens is 642 g/mol. The maximum atomic E-state index is 15.6. The molecule has 1 amide bonds. The van der Waals surface area contributed by atoms with Crippen molar-refractivity contribution in [3.05, 3.63) is 87.8 Å². The summed E-state index contributed by atoms with van der Waals surface area (Å²) in [5, 5.41) is 20.1. The molecule has 2 fully saturated rings. The number of ether oxygens (including phenoxy) is 1. The number of hydrogen-bond acceptors (Lipinski definition) is 8. The van der Waals surface area contributed by atoms with Gasteiger partial charge in [-0.05, 0) is 37.5 Å². The fourth-order valence-electron chi connectivity index (χ4n) is 6.06. The van der Waals surface area contributed by atoms with Gasteiger partial charge in [0.25, 0.3) is 0 Å². The van der Waals surface area contributed by atoms with Crippen molar-refractivity contribution in [1.29, 1.82) is 0 Å². The van der Waals surface area contributed by atoms with E-state index in [9.17, 15) is 9.90 Å². The molecule has 0 spiro atoms. The van der Waals surface area contributed by atoms with E-state index in [0.29, 0.717) is 102 Å². The van der Waals surface area contributed by atoms with Gasteiger partial charge in [-0.25, -0.2) is 14.4 Å². The lowest BCUT2D eigenvalue weighted by Crippen LogP contribution is -2.35. The summed E-state index contributed by atoms with van der Waals surface area (Å²) in [6.45, 7) is 3.06. The lowest BCUT2D eigenvalue weighted by atomic mass is 10.00. The lowest BCUT2D eigenvalue weighted by molar-refractivity contribution is -0.119. The summed E-state index contributed by atoms with van der Waals surface area (Å²) in [6, 6.07) is 16.8.